The minimum atomic E-state index is -0.0446. The van der Waals surface area contributed by atoms with E-state index in [1.54, 1.807) is 0 Å². The van der Waals surface area contributed by atoms with Crippen LogP contribution in [0.25, 0.3) is 0 Å². The maximum Gasteiger partial charge on any atom is 0.258 e. The van der Waals surface area contributed by atoms with Crippen molar-refractivity contribution in [2.75, 3.05) is 13.2 Å². The smallest absolute Gasteiger partial charge is 0.258 e. The fraction of sp³-hybridized carbons (Fsp3) is 0.625. The molecule has 0 aliphatic heterocycles. The average Bonchev–Trinajstić information content (AvgIpc) is 2.97. The van der Waals surface area contributed by atoms with Crippen LogP contribution in [0.5, 0.6) is 5.75 Å². The first kappa shape index (κ1) is 15.8. The van der Waals surface area contributed by atoms with Crippen LogP contribution in [0.2, 0.25) is 0 Å². The average molecular weight is 291 g/mol. The molecule has 0 bridgehead atoms. The highest BCUT2D eigenvalue weighted by atomic mass is 16.5. The molecule has 2 rings (SSSR count). The van der Waals surface area contributed by atoms with Gasteiger partial charge in [0.25, 0.3) is 5.91 Å². The number of rotatable bonds is 7. The second-order valence-corrected chi connectivity index (χ2v) is 5.52. The third kappa shape index (κ3) is 5.01. The number of aryl methyl sites for hydroxylation is 1. The summed E-state index contributed by atoms with van der Waals surface area (Å²) in [5, 5.41) is 6.26. The minimum absolute atomic E-state index is 0.0446. The number of carbonyl (C=O) groups is 1. The van der Waals surface area contributed by atoms with Crippen LogP contribution in [0.4, 0.5) is 0 Å². The summed E-state index contributed by atoms with van der Waals surface area (Å²) in [6, 6.07) is 4.12. The summed E-state index contributed by atoms with van der Waals surface area (Å²) in [4.78, 5) is 16.4. The van der Waals surface area contributed by atoms with E-state index in [4.69, 9.17) is 4.74 Å². The van der Waals surface area contributed by atoms with Gasteiger partial charge in [-0.1, -0.05) is 19.8 Å². The highest BCUT2D eigenvalue weighted by Crippen LogP contribution is 2.18. The molecule has 1 aliphatic carbocycles. The maximum atomic E-state index is 11.9. The zero-order valence-corrected chi connectivity index (χ0v) is 12.9. The summed E-state index contributed by atoms with van der Waals surface area (Å²) < 4.78 is 5.65. The molecular formula is C16H25N3O2. The van der Waals surface area contributed by atoms with Gasteiger partial charge in [0.05, 0.1) is 5.69 Å². The Balaban J connectivity index is 1.87. The van der Waals surface area contributed by atoms with Crippen molar-refractivity contribution < 1.29 is 9.53 Å². The van der Waals surface area contributed by atoms with E-state index in [-0.39, 0.29) is 12.5 Å². The summed E-state index contributed by atoms with van der Waals surface area (Å²) >= 11 is 0. The van der Waals surface area contributed by atoms with Crippen LogP contribution in [0.1, 0.15) is 44.0 Å². The Morgan fingerprint density at radius 1 is 1.38 bits per heavy atom. The minimum Gasteiger partial charge on any atom is -0.482 e. The van der Waals surface area contributed by atoms with Crippen molar-refractivity contribution in [3.05, 3.63) is 23.5 Å². The predicted octanol–water partition coefficient (Wildman–Crippen LogP) is 1.94. The van der Waals surface area contributed by atoms with Gasteiger partial charge in [-0.2, -0.15) is 0 Å². The number of hydrogen-bond acceptors (Lipinski definition) is 4. The lowest BCUT2D eigenvalue weighted by molar-refractivity contribution is -0.123. The van der Waals surface area contributed by atoms with E-state index in [1.807, 2.05) is 26.0 Å². The van der Waals surface area contributed by atoms with Crippen molar-refractivity contribution in [2.24, 2.45) is 0 Å². The van der Waals surface area contributed by atoms with Crippen molar-refractivity contribution in [3.63, 3.8) is 0 Å². The van der Waals surface area contributed by atoms with Crippen molar-refractivity contribution in [1.29, 1.82) is 0 Å². The monoisotopic (exact) mass is 291 g/mol. The number of pyridine rings is 1. The molecule has 0 unspecified atom stereocenters. The molecule has 0 spiro atoms. The molecule has 1 aromatic rings. The molecule has 2 N–H and O–H groups in total. The summed E-state index contributed by atoms with van der Waals surface area (Å²) in [7, 11) is 0. The standard InChI is InChI=1S/C16H25N3O2/c1-3-17-10-14-15(9-8-12(2)18-14)21-11-16(20)19-13-6-4-5-7-13/h8-9,13,17H,3-7,10-11H2,1-2H3,(H,19,20). The fourth-order valence-corrected chi connectivity index (χ4v) is 2.58. The van der Waals surface area contributed by atoms with Crippen LogP contribution in [-0.4, -0.2) is 30.1 Å². The molecule has 1 amide bonds. The van der Waals surface area contributed by atoms with E-state index in [0.29, 0.717) is 18.3 Å². The molecular weight excluding hydrogens is 266 g/mol. The van der Waals surface area contributed by atoms with E-state index < -0.39 is 0 Å². The number of carbonyl (C=O) groups excluding carboxylic acids is 1. The lowest BCUT2D eigenvalue weighted by atomic mass is 10.2. The van der Waals surface area contributed by atoms with Gasteiger partial charge in [0.2, 0.25) is 0 Å². The van der Waals surface area contributed by atoms with E-state index in [2.05, 4.69) is 15.6 Å². The van der Waals surface area contributed by atoms with Gasteiger partial charge in [0.1, 0.15) is 5.75 Å². The summed E-state index contributed by atoms with van der Waals surface area (Å²) in [5.74, 6) is 0.639. The van der Waals surface area contributed by atoms with Crippen LogP contribution in [0.3, 0.4) is 0 Å². The second kappa shape index (κ2) is 7.98. The van der Waals surface area contributed by atoms with Crippen LogP contribution in [-0.2, 0) is 11.3 Å². The highest BCUT2D eigenvalue weighted by molar-refractivity contribution is 5.77. The highest BCUT2D eigenvalue weighted by Gasteiger charge is 2.17. The van der Waals surface area contributed by atoms with Crippen molar-refractivity contribution >= 4 is 5.91 Å². The third-order valence-electron chi connectivity index (χ3n) is 3.69. The van der Waals surface area contributed by atoms with Crippen molar-refractivity contribution in [2.45, 2.75) is 52.1 Å². The first-order chi connectivity index (χ1) is 10.2. The Kier molecular flexibility index (Phi) is 5.99. The molecule has 0 saturated heterocycles. The second-order valence-electron chi connectivity index (χ2n) is 5.52. The first-order valence-corrected chi connectivity index (χ1v) is 7.78. The summed E-state index contributed by atoms with van der Waals surface area (Å²) in [6.45, 7) is 5.58. The maximum absolute atomic E-state index is 11.9. The normalized spacial score (nSPS) is 15.1. The van der Waals surface area contributed by atoms with Gasteiger partial charge in [0.15, 0.2) is 6.61 Å². The number of ether oxygens (including phenoxy) is 1. The van der Waals surface area contributed by atoms with Gasteiger partial charge in [-0.3, -0.25) is 9.78 Å². The van der Waals surface area contributed by atoms with E-state index in [9.17, 15) is 4.79 Å². The molecule has 5 nitrogen and oxygen atoms in total. The van der Waals surface area contributed by atoms with Gasteiger partial charge in [0, 0.05) is 18.3 Å². The molecule has 1 aliphatic rings. The Morgan fingerprint density at radius 2 is 2.14 bits per heavy atom. The Bertz CT molecular complexity index is 471. The summed E-state index contributed by atoms with van der Waals surface area (Å²) in [6.07, 6.45) is 4.59. The van der Waals surface area contributed by atoms with Crippen LogP contribution >= 0.6 is 0 Å². The molecule has 1 saturated carbocycles. The molecule has 21 heavy (non-hydrogen) atoms. The number of aromatic nitrogens is 1. The molecule has 1 heterocycles. The van der Waals surface area contributed by atoms with Gasteiger partial charge >= 0.3 is 0 Å². The fourth-order valence-electron chi connectivity index (χ4n) is 2.58. The Labute approximate surface area is 126 Å². The largest absolute Gasteiger partial charge is 0.482 e. The molecule has 0 radical (unpaired) electrons. The lowest BCUT2D eigenvalue weighted by Gasteiger charge is -2.14. The Hall–Kier alpha value is -1.62. The van der Waals surface area contributed by atoms with Gasteiger partial charge in [-0.15, -0.1) is 0 Å². The molecule has 5 heteroatoms. The third-order valence-corrected chi connectivity index (χ3v) is 3.69. The van der Waals surface area contributed by atoms with E-state index in [0.717, 1.165) is 30.8 Å². The zero-order valence-electron chi connectivity index (χ0n) is 12.9. The first-order valence-electron chi connectivity index (χ1n) is 7.78. The van der Waals surface area contributed by atoms with Crippen molar-refractivity contribution in [3.8, 4) is 5.75 Å². The molecule has 116 valence electrons. The SMILES string of the molecule is CCNCc1nc(C)ccc1OCC(=O)NC1CCCC1. The number of amides is 1. The van der Waals surface area contributed by atoms with E-state index in [1.165, 1.54) is 12.8 Å². The van der Waals surface area contributed by atoms with Crippen molar-refractivity contribution in [1.82, 2.24) is 15.6 Å². The Morgan fingerprint density at radius 3 is 2.86 bits per heavy atom. The summed E-state index contributed by atoms with van der Waals surface area (Å²) in [5.41, 5.74) is 1.80. The molecule has 1 fully saturated rings. The predicted molar refractivity (Wildman–Crippen MR) is 82.2 cm³/mol. The number of hydrogen-bond donors (Lipinski definition) is 2. The van der Waals surface area contributed by atoms with Crippen LogP contribution in [0, 0.1) is 6.92 Å². The van der Waals surface area contributed by atoms with E-state index >= 15 is 0 Å². The number of nitrogens with one attached hydrogen (secondary N) is 2. The molecule has 0 aromatic carbocycles. The van der Waals surface area contributed by atoms with Crippen LogP contribution < -0.4 is 15.4 Å². The topological polar surface area (TPSA) is 63.3 Å². The molecule has 0 atom stereocenters. The number of nitrogens with zero attached hydrogens (tertiary/aromatic N) is 1. The quantitative estimate of drug-likeness (QED) is 0.806. The van der Waals surface area contributed by atoms with Gasteiger partial charge in [-0.25, -0.2) is 0 Å². The molecule has 1 aromatic heterocycles. The van der Waals surface area contributed by atoms with Crippen LogP contribution in [0.15, 0.2) is 12.1 Å². The van der Waals surface area contributed by atoms with Gasteiger partial charge < -0.3 is 15.4 Å². The zero-order chi connectivity index (χ0) is 15.1. The lowest BCUT2D eigenvalue weighted by Crippen LogP contribution is -2.36. The van der Waals surface area contributed by atoms with Gasteiger partial charge in [-0.05, 0) is 38.4 Å².